The molecule has 1 heterocycles. The Morgan fingerprint density at radius 2 is 1.69 bits per heavy atom. The summed E-state index contributed by atoms with van der Waals surface area (Å²) >= 11 is 0. The molecule has 2 saturated carbocycles. The van der Waals surface area contributed by atoms with E-state index in [1.165, 1.54) is 5.56 Å². The van der Waals surface area contributed by atoms with E-state index in [0.717, 1.165) is 56.3 Å². The average Bonchev–Trinajstić information content (AvgIpc) is 3.09. The van der Waals surface area contributed by atoms with Crippen molar-refractivity contribution in [1.82, 2.24) is 14.7 Å². The summed E-state index contributed by atoms with van der Waals surface area (Å²) in [6.45, 7) is 1.71. The summed E-state index contributed by atoms with van der Waals surface area (Å²) in [6, 6.07) is 18.8. The van der Waals surface area contributed by atoms with E-state index in [9.17, 15) is 9.90 Å². The van der Waals surface area contributed by atoms with Gasteiger partial charge < -0.3 is 19.6 Å². The molecular weight excluding hydrogens is 438 g/mol. The second-order valence-corrected chi connectivity index (χ2v) is 11.2. The Hall–Kier alpha value is -2.57. The molecule has 1 spiro atoms. The lowest BCUT2D eigenvalue weighted by atomic mass is 9.67. The van der Waals surface area contributed by atoms with Crippen molar-refractivity contribution in [3.8, 4) is 5.75 Å². The maximum atomic E-state index is 13.8. The Labute approximate surface area is 209 Å². The third-order valence-electron chi connectivity index (χ3n) is 8.98. The minimum Gasteiger partial charge on any atom is -0.497 e. The lowest BCUT2D eigenvalue weighted by Gasteiger charge is -2.52. The zero-order valence-electron chi connectivity index (χ0n) is 21.4. The third-order valence-corrected chi connectivity index (χ3v) is 8.98. The van der Waals surface area contributed by atoms with Crippen molar-refractivity contribution >= 4 is 6.03 Å². The van der Waals surface area contributed by atoms with Gasteiger partial charge in [0.2, 0.25) is 0 Å². The highest BCUT2D eigenvalue weighted by molar-refractivity contribution is 5.78. The van der Waals surface area contributed by atoms with E-state index in [4.69, 9.17) is 4.74 Å². The standard InChI is InChI=1S/C29H39N3O3/c1-30(2)29(24-10-5-4-6-11-24)17-15-27(16-18-29)21-31(20-23-9-7-12-25(19-23)35-3)26(33)32(27)22-28(34)13-8-14-28/h4-7,9-12,19,34H,8,13-18,20-22H2,1-3H3. The summed E-state index contributed by atoms with van der Waals surface area (Å²) in [5.41, 5.74) is 1.41. The van der Waals surface area contributed by atoms with Gasteiger partial charge in [0.05, 0.1) is 24.8 Å². The Morgan fingerprint density at radius 1 is 0.971 bits per heavy atom. The molecule has 188 valence electrons. The van der Waals surface area contributed by atoms with Gasteiger partial charge in [0.15, 0.2) is 0 Å². The van der Waals surface area contributed by atoms with Crippen molar-refractivity contribution in [2.24, 2.45) is 0 Å². The number of nitrogens with zero attached hydrogens (tertiary/aromatic N) is 3. The molecule has 6 nitrogen and oxygen atoms in total. The van der Waals surface area contributed by atoms with Crippen molar-refractivity contribution in [2.75, 3.05) is 34.3 Å². The Bertz CT molecular complexity index is 1040. The van der Waals surface area contributed by atoms with E-state index in [2.05, 4.69) is 60.3 Å². The van der Waals surface area contributed by atoms with Crippen LogP contribution in [0.4, 0.5) is 4.79 Å². The van der Waals surface area contributed by atoms with E-state index >= 15 is 0 Å². The minimum absolute atomic E-state index is 0.0329. The predicted molar refractivity (Wildman–Crippen MR) is 137 cm³/mol. The molecule has 1 aliphatic heterocycles. The highest BCUT2D eigenvalue weighted by Crippen LogP contribution is 2.50. The summed E-state index contributed by atoms with van der Waals surface area (Å²) in [4.78, 5) is 20.2. The van der Waals surface area contributed by atoms with Crippen LogP contribution in [0.15, 0.2) is 54.6 Å². The Balaban J connectivity index is 1.42. The number of β-amino-alcohol motifs (C(OH)–C–C–N with tert-alkyl or cyclic N) is 1. The average molecular weight is 478 g/mol. The van der Waals surface area contributed by atoms with Crippen LogP contribution in [0.3, 0.4) is 0 Å². The molecule has 2 aliphatic carbocycles. The molecule has 1 saturated heterocycles. The number of carbonyl (C=O) groups is 1. The Kier molecular flexibility index (Phi) is 6.30. The first-order chi connectivity index (χ1) is 16.8. The van der Waals surface area contributed by atoms with Crippen LogP contribution < -0.4 is 4.74 Å². The van der Waals surface area contributed by atoms with Gasteiger partial charge in [-0.25, -0.2) is 4.79 Å². The van der Waals surface area contributed by atoms with Crippen LogP contribution in [0.1, 0.15) is 56.1 Å². The second kappa shape index (κ2) is 9.14. The van der Waals surface area contributed by atoms with Gasteiger partial charge in [0.25, 0.3) is 0 Å². The zero-order chi connectivity index (χ0) is 24.7. The van der Waals surface area contributed by atoms with Gasteiger partial charge in [-0.2, -0.15) is 0 Å². The van der Waals surface area contributed by atoms with Gasteiger partial charge in [-0.15, -0.1) is 0 Å². The maximum absolute atomic E-state index is 13.8. The quantitative estimate of drug-likeness (QED) is 0.632. The maximum Gasteiger partial charge on any atom is 0.321 e. The fraction of sp³-hybridized carbons (Fsp3) is 0.552. The summed E-state index contributed by atoms with van der Waals surface area (Å²) in [6.07, 6.45) is 6.44. The van der Waals surface area contributed by atoms with Gasteiger partial charge in [0.1, 0.15) is 5.75 Å². The molecule has 3 fully saturated rings. The smallest absolute Gasteiger partial charge is 0.321 e. The highest BCUT2D eigenvalue weighted by atomic mass is 16.5. The number of amides is 2. The van der Waals surface area contributed by atoms with Gasteiger partial charge >= 0.3 is 6.03 Å². The number of aliphatic hydroxyl groups is 1. The highest BCUT2D eigenvalue weighted by Gasteiger charge is 2.56. The first kappa shape index (κ1) is 24.1. The van der Waals surface area contributed by atoms with E-state index in [-0.39, 0.29) is 17.1 Å². The van der Waals surface area contributed by atoms with Crippen molar-refractivity contribution in [3.05, 3.63) is 65.7 Å². The van der Waals surface area contributed by atoms with Crippen LogP contribution in [0.2, 0.25) is 0 Å². The number of benzene rings is 2. The first-order valence-electron chi connectivity index (χ1n) is 12.9. The van der Waals surface area contributed by atoms with Crippen LogP contribution in [0.5, 0.6) is 5.75 Å². The molecule has 35 heavy (non-hydrogen) atoms. The molecule has 0 aromatic heterocycles. The summed E-state index contributed by atoms with van der Waals surface area (Å²) in [7, 11) is 6.02. The molecule has 0 unspecified atom stereocenters. The molecule has 2 aromatic carbocycles. The lowest BCUT2D eigenvalue weighted by molar-refractivity contribution is -0.0725. The molecule has 2 aromatic rings. The van der Waals surface area contributed by atoms with Crippen molar-refractivity contribution in [2.45, 2.75) is 68.2 Å². The predicted octanol–water partition coefficient (Wildman–Crippen LogP) is 4.62. The normalized spacial score (nSPS) is 28.0. The van der Waals surface area contributed by atoms with E-state index in [1.54, 1.807) is 7.11 Å². The fourth-order valence-electron chi connectivity index (χ4n) is 6.57. The Morgan fingerprint density at radius 3 is 2.29 bits per heavy atom. The number of hydrogen-bond acceptors (Lipinski definition) is 4. The monoisotopic (exact) mass is 477 g/mol. The van der Waals surface area contributed by atoms with Crippen LogP contribution in [-0.2, 0) is 12.1 Å². The summed E-state index contributed by atoms with van der Waals surface area (Å²) < 4.78 is 5.40. The molecule has 0 atom stereocenters. The number of hydrogen-bond donors (Lipinski definition) is 1. The lowest BCUT2D eigenvalue weighted by Crippen LogP contribution is -2.59. The second-order valence-electron chi connectivity index (χ2n) is 11.2. The minimum atomic E-state index is -0.732. The van der Waals surface area contributed by atoms with Gasteiger partial charge in [0, 0.05) is 18.6 Å². The third kappa shape index (κ3) is 4.31. The van der Waals surface area contributed by atoms with Crippen LogP contribution >= 0.6 is 0 Å². The van der Waals surface area contributed by atoms with Gasteiger partial charge in [-0.1, -0.05) is 42.5 Å². The van der Waals surface area contributed by atoms with Crippen LogP contribution in [0.25, 0.3) is 0 Å². The molecule has 5 rings (SSSR count). The number of methoxy groups -OCH3 is 1. The van der Waals surface area contributed by atoms with Crippen molar-refractivity contribution < 1.29 is 14.6 Å². The molecule has 0 bridgehead atoms. The van der Waals surface area contributed by atoms with E-state index in [0.29, 0.717) is 19.6 Å². The summed E-state index contributed by atoms with van der Waals surface area (Å²) in [5.74, 6) is 0.806. The molecule has 1 N–H and O–H groups in total. The molecule has 0 radical (unpaired) electrons. The fourth-order valence-corrected chi connectivity index (χ4v) is 6.57. The van der Waals surface area contributed by atoms with E-state index in [1.807, 2.05) is 23.1 Å². The number of carbonyl (C=O) groups excluding carboxylic acids is 1. The number of ether oxygens (including phenoxy) is 1. The number of urea groups is 1. The van der Waals surface area contributed by atoms with Crippen LogP contribution in [-0.4, -0.2) is 71.3 Å². The van der Waals surface area contributed by atoms with E-state index < -0.39 is 5.60 Å². The SMILES string of the molecule is COc1cccc(CN2CC3(CCC(c4ccccc4)(N(C)C)CC3)N(CC3(O)CCC3)C2=O)c1. The van der Waals surface area contributed by atoms with Gasteiger partial charge in [-0.05, 0) is 82.3 Å². The topological polar surface area (TPSA) is 56.3 Å². The van der Waals surface area contributed by atoms with Gasteiger partial charge in [-0.3, -0.25) is 4.90 Å². The molecule has 2 amide bonds. The zero-order valence-corrected chi connectivity index (χ0v) is 21.4. The first-order valence-corrected chi connectivity index (χ1v) is 12.9. The largest absolute Gasteiger partial charge is 0.497 e. The van der Waals surface area contributed by atoms with Crippen molar-refractivity contribution in [3.63, 3.8) is 0 Å². The molecular formula is C29H39N3O3. The molecule has 3 aliphatic rings. The number of rotatable bonds is 7. The van der Waals surface area contributed by atoms with Crippen molar-refractivity contribution in [1.29, 1.82) is 0 Å². The summed E-state index contributed by atoms with van der Waals surface area (Å²) in [5, 5.41) is 11.1. The molecule has 6 heteroatoms. The van der Waals surface area contributed by atoms with Crippen LogP contribution in [0, 0.1) is 0 Å².